The summed E-state index contributed by atoms with van der Waals surface area (Å²) in [5.74, 6) is -2.63. The summed E-state index contributed by atoms with van der Waals surface area (Å²) in [5, 5.41) is 0. The van der Waals surface area contributed by atoms with E-state index in [9.17, 15) is 27.2 Å². The molecule has 0 bridgehead atoms. The van der Waals surface area contributed by atoms with Crippen molar-refractivity contribution >= 4 is 11.9 Å². The number of hydrogen-bond acceptors (Lipinski definition) is 4. The van der Waals surface area contributed by atoms with E-state index in [0.717, 1.165) is 0 Å². The maximum absolute atomic E-state index is 12.1. The zero-order valence-electron chi connectivity index (χ0n) is 8.14. The normalized spacial score (nSPS) is 12.8. The molecule has 4 nitrogen and oxygen atoms in total. The lowest BCUT2D eigenvalue weighted by molar-refractivity contribution is -0.259. The highest BCUT2D eigenvalue weighted by atomic mass is 19.4. The van der Waals surface area contributed by atoms with Crippen LogP contribution in [-0.2, 0) is 19.1 Å². The van der Waals surface area contributed by atoms with Crippen molar-refractivity contribution in [3.05, 3.63) is 12.2 Å². The Hall–Kier alpha value is -1.60. The Kier molecular flexibility index (Phi) is 4.93. The number of alkyl halides is 4. The second kappa shape index (κ2) is 5.47. The Balaban J connectivity index is 4.02. The minimum absolute atomic E-state index is 0.0552. The number of halogens is 4. The summed E-state index contributed by atoms with van der Waals surface area (Å²) < 4.78 is 54.2. The molecule has 0 aliphatic carbocycles. The smallest absolute Gasteiger partial charge is 0.450 e. The summed E-state index contributed by atoms with van der Waals surface area (Å²) in [6.07, 6.45) is -9.03. The molecule has 0 saturated carbocycles. The van der Waals surface area contributed by atoms with Gasteiger partial charge < -0.3 is 9.47 Å². The quantitative estimate of drug-likeness (QED) is 0.427. The van der Waals surface area contributed by atoms with Crippen LogP contribution in [0.15, 0.2) is 12.2 Å². The fourth-order valence-corrected chi connectivity index (χ4v) is 0.464. The topological polar surface area (TPSA) is 52.6 Å². The van der Waals surface area contributed by atoms with Crippen molar-refractivity contribution in [2.75, 3.05) is 6.61 Å². The molecule has 16 heavy (non-hydrogen) atoms. The minimum atomic E-state index is -5.30. The fourth-order valence-electron chi connectivity index (χ4n) is 0.464. The first-order valence-corrected chi connectivity index (χ1v) is 3.87. The molecule has 0 aliphatic rings. The van der Waals surface area contributed by atoms with E-state index in [-0.39, 0.29) is 5.57 Å². The van der Waals surface area contributed by atoms with Crippen molar-refractivity contribution in [2.24, 2.45) is 0 Å². The highest BCUT2D eigenvalue weighted by Crippen LogP contribution is 2.23. The molecule has 92 valence electrons. The number of ether oxygens (including phenoxy) is 2. The highest BCUT2D eigenvalue weighted by Gasteiger charge is 2.43. The van der Waals surface area contributed by atoms with Gasteiger partial charge >= 0.3 is 24.5 Å². The summed E-state index contributed by atoms with van der Waals surface area (Å²) in [4.78, 5) is 21.2. The van der Waals surface area contributed by atoms with Crippen LogP contribution in [0.3, 0.4) is 0 Å². The molecule has 0 rings (SSSR count). The molecule has 0 fully saturated rings. The Bertz CT molecular complexity index is 297. The number of rotatable bonds is 4. The van der Waals surface area contributed by atoms with Gasteiger partial charge in [-0.3, -0.25) is 0 Å². The second-order valence-corrected chi connectivity index (χ2v) is 2.70. The predicted octanol–water partition coefficient (Wildman–Crippen LogP) is 1.51. The van der Waals surface area contributed by atoms with Crippen molar-refractivity contribution in [3.8, 4) is 0 Å². The van der Waals surface area contributed by atoms with E-state index >= 15 is 0 Å². The Morgan fingerprint density at radius 3 is 2.25 bits per heavy atom. The molecule has 1 atom stereocenters. The van der Waals surface area contributed by atoms with E-state index in [1.54, 1.807) is 0 Å². The van der Waals surface area contributed by atoms with E-state index < -0.39 is 31.1 Å². The van der Waals surface area contributed by atoms with E-state index in [1.807, 2.05) is 0 Å². The molecular formula is C8H8F4O4. The van der Waals surface area contributed by atoms with E-state index in [4.69, 9.17) is 0 Å². The Morgan fingerprint density at radius 1 is 1.38 bits per heavy atom. The molecule has 0 aromatic rings. The summed E-state index contributed by atoms with van der Waals surface area (Å²) in [7, 11) is 0. The Morgan fingerprint density at radius 2 is 1.88 bits per heavy atom. The first-order valence-electron chi connectivity index (χ1n) is 3.87. The first-order chi connectivity index (χ1) is 7.14. The molecule has 0 amide bonds. The van der Waals surface area contributed by atoms with Gasteiger partial charge in [0.25, 0.3) is 0 Å². The molecule has 0 saturated heterocycles. The van der Waals surface area contributed by atoms with Crippen LogP contribution in [0.4, 0.5) is 17.6 Å². The lowest BCUT2D eigenvalue weighted by Crippen LogP contribution is -2.31. The molecule has 1 unspecified atom stereocenters. The van der Waals surface area contributed by atoms with Crippen molar-refractivity contribution in [1.29, 1.82) is 0 Å². The summed E-state index contributed by atoms with van der Waals surface area (Å²) in [5.41, 5.74) is -0.0552. The van der Waals surface area contributed by atoms with Crippen LogP contribution in [0.25, 0.3) is 0 Å². The monoisotopic (exact) mass is 244 g/mol. The summed E-state index contributed by atoms with van der Waals surface area (Å²) >= 11 is 0. The molecule has 0 aromatic carbocycles. The molecular weight excluding hydrogens is 236 g/mol. The molecule has 8 heteroatoms. The molecule has 0 radical (unpaired) electrons. The van der Waals surface area contributed by atoms with Gasteiger partial charge in [-0.25, -0.2) is 9.59 Å². The lowest BCUT2D eigenvalue weighted by Gasteiger charge is -2.12. The van der Waals surface area contributed by atoms with Crippen LogP contribution in [0.5, 0.6) is 0 Å². The number of esters is 2. The average Bonchev–Trinajstić information content (AvgIpc) is 2.12. The lowest BCUT2D eigenvalue weighted by atomic mass is 10.4. The summed E-state index contributed by atoms with van der Waals surface area (Å²) in [6, 6.07) is 0. The summed E-state index contributed by atoms with van der Waals surface area (Å²) in [6.45, 7) is 3.31. The van der Waals surface area contributed by atoms with Crippen LogP contribution in [0, 0.1) is 0 Å². The van der Waals surface area contributed by atoms with Crippen LogP contribution >= 0.6 is 0 Å². The fraction of sp³-hybridized carbons (Fsp3) is 0.500. The molecule has 0 spiro atoms. The standard InChI is InChI=1S/C8H8F4O4/c1-4(2)6(14)15-3-5(13)16-7(9)8(10,11)12/h7H,1,3H2,2H3. The zero-order chi connectivity index (χ0) is 12.9. The average molecular weight is 244 g/mol. The molecule has 0 N–H and O–H groups in total. The van der Waals surface area contributed by atoms with Gasteiger partial charge in [0.1, 0.15) is 0 Å². The maximum Gasteiger partial charge on any atom is 0.457 e. The van der Waals surface area contributed by atoms with Crippen molar-refractivity contribution < 1.29 is 36.6 Å². The van der Waals surface area contributed by atoms with Gasteiger partial charge in [-0.05, 0) is 6.92 Å². The molecule has 0 aliphatic heterocycles. The van der Waals surface area contributed by atoms with E-state index in [1.165, 1.54) is 6.92 Å². The van der Waals surface area contributed by atoms with Gasteiger partial charge in [0.05, 0.1) is 0 Å². The van der Waals surface area contributed by atoms with Gasteiger partial charge in [0.2, 0.25) is 0 Å². The van der Waals surface area contributed by atoms with E-state index in [0.29, 0.717) is 0 Å². The third kappa shape index (κ3) is 5.32. The van der Waals surface area contributed by atoms with Crippen LogP contribution in [-0.4, -0.2) is 31.1 Å². The molecule has 0 heterocycles. The van der Waals surface area contributed by atoms with Gasteiger partial charge in [0.15, 0.2) is 6.61 Å². The number of hydrogen-bond donors (Lipinski definition) is 0. The third-order valence-electron chi connectivity index (χ3n) is 1.16. The first kappa shape index (κ1) is 14.4. The Labute approximate surface area is 87.8 Å². The number of carbonyl (C=O) groups is 2. The zero-order valence-corrected chi connectivity index (χ0v) is 8.14. The largest absolute Gasteiger partial charge is 0.457 e. The van der Waals surface area contributed by atoms with Crippen molar-refractivity contribution in [3.63, 3.8) is 0 Å². The van der Waals surface area contributed by atoms with Crippen LogP contribution in [0.2, 0.25) is 0 Å². The maximum atomic E-state index is 12.1. The van der Waals surface area contributed by atoms with Crippen molar-refractivity contribution in [1.82, 2.24) is 0 Å². The van der Waals surface area contributed by atoms with Crippen LogP contribution < -0.4 is 0 Å². The van der Waals surface area contributed by atoms with Crippen molar-refractivity contribution in [2.45, 2.75) is 19.5 Å². The van der Waals surface area contributed by atoms with Gasteiger partial charge in [0, 0.05) is 5.57 Å². The second-order valence-electron chi connectivity index (χ2n) is 2.70. The highest BCUT2D eigenvalue weighted by molar-refractivity contribution is 5.88. The van der Waals surface area contributed by atoms with Gasteiger partial charge in [-0.1, -0.05) is 6.58 Å². The number of carbonyl (C=O) groups excluding carboxylic acids is 2. The third-order valence-corrected chi connectivity index (χ3v) is 1.16. The van der Waals surface area contributed by atoms with Gasteiger partial charge in [-0.15, -0.1) is 0 Å². The van der Waals surface area contributed by atoms with Crippen LogP contribution in [0.1, 0.15) is 6.92 Å². The minimum Gasteiger partial charge on any atom is -0.450 e. The molecule has 0 aromatic heterocycles. The van der Waals surface area contributed by atoms with E-state index in [2.05, 4.69) is 16.1 Å². The van der Waals surface area contributed by atoms with Gasteiger partial charge in [-0.2, -0.15) is 17.6 Å². The SMILES string of the molecule is C=C(C)C(=O)OCC(=O)OC(F)C(F)(F)F. The predicted molar refractivity (Wildman–Crippen MR) is 42.8 cm³/mol.